The van der Waals surface area contributed by atoms with Crippen molar-refractivity contribution in [2.75, 3.05) is 0 Å². The van der Waals surface area contributed by atoms with Gasteiger partial charge in [0.1, 0.15) is 11.7 Å². The van der Waals surface area contributed by atoms with Crippen LogP contribution >= 0.6 is 0 Å². The molecule has 4 nitrogen and oxygen atoms in total. The van der Waals surface area contributed by atoms with Crippen molar-refractivity contribution in [2.24, 2.45) is 5.92 Å². The van der Waals surface area contributed by atoms with Crippen molar-refractivity contribution in [2.45, 2.75) is 51.6 Å². The average molecular weight is 226 g/mol. The Kier molecular flexibility index (Phi) is 2.59. The van der Waals surface area contributed by atoms with Gasteiger partial charge in [0.05, 0.1) is 12.2 Å². The lowest BCUT2D eigenvalue weighted by atomic mass is 9.78. The molecule has 0 bridgehead atoms. The van der Waals surface area contributed by atoms with Crippen molar-refractivity contribution in [1.82, 2.24) is 0 Å². The monoisotopic (exact) mass is 226 g/mol. The average Bonchev–Trinajstić information content (AvgIpc) is 2.19. The van der Waals surface area contributed by atoms with Gasteiger partial charge in [-0.3, -0.25) is 0 Å². The van der Waals surface area contributed by atoms with E-state index in [1.54, 1.807) is 6.92 Å². The molecule has 2 heterocycles. The van der Waals surface area contributed by atoms with Gasteiger partial charge in [-0.2, -0.15) is 0 Å². The standard InChI is InChI=1S/C12H18O4/c1-6-5-12(4)10(15-11(6)14)7(2)9(13)8(3)16-12/h5,7-10,13H,1-4H3/t7-,8+,9-,10+,12-/m1/s1. The maximum atomic E-state index is 11.5. The molecule has 2 rings (SSSR count). The first-order valence-electron chi connectivity index (χ1n) is 5.61. The molecule has 0 radical (unpaired) electrons. The van der Waals surface area contributed by atoms with Gasteiger partial charge in [0, 0.05) is 11.5 Å². The minimum atomic E-state index is -0.615. The number of rotatable bonds is 0. The molecule has 2 aliphatic heterocycles. The summed E-state index contributed by atoms with van der Waals surface area (Å²) in [6.07, 6.45) is 0.548. The van der Waals surface area contributed by atoms with Gasteiger partial charge in [-0.05, 0) is 26.8 Å². The van der Waals surface area contributed by atoms with E-state index in [4.69, 9.17) is 9.47 Å². The summed E-state index contributed by atoms with van der Waals surface area (Å²) < 4.78 is 11.1. The summed E-state index contributed by atoms with van der Waals surface area (Å²) in [6.45, 7) is 7.33. The molecule has 5 atom stereocenters. The summed E-state index contributed by atoms with van der Waals surface area (Å²) in [4.78, 5) is 11.5. The molecule has 1 N–H and O–H groups in total. The summed E-state index contributed by atoms with van der Waals surface area (Å²) in [7, 11) is 0. The first-order valence-corrected chi connectivity index (χ1v) is 5.61. The summed E-state index contributed by atoms with van der Waals surface area (Å²) in [5, 5.41) is 9.91. The van der Waals surface area contributed by atoms with Crippen molar-refractivity contribution in [3.05, 3.63) is 11.6 Å². The van der Waals surface area contributed by atoms with Crippen LogP contribution in [0.2, 0.25) is 0 Å². The summed E-state index contributed by atoms with van der Waals surface area (Å²) in [5.74, 6) is -0.443. The Hall–Kier alpha value is -0.870. The van der Waals surface area contributed by atoms with E-state index < -0.39 is 17.8 Å². The van der Waals surface area contributed by atoms with Crippen LogP contribution in [0.15, 0.2) is 11.6 Å². The summed E-state index contributed by atoms with van der Waals surface area (Å²) in [5.41, 5.74) is -0.0506. The van der Waals surface area contributed by atoms with Gasteiger partial charge in [0.15, 0.2) is 0 Å². The van der Waals surface area contributed by atoms with Crippen molar-refractivity contribution >= 4 is 5.97 Å². The lowest BCUT2D eigenvalue weighted by Gasteiger charge is -2.49. The Labute approximate surface area is 95.2 Å². The normalized spacial score (nSPS) is 48.1. The number of fused-ring (bicyclic) bond motifs is 1. The number of hydrogen-bond donors (Lipinski definition) is 1. The van der Waals surface area contributed by atoms with E-state index in [1.165, 1.54) is 0 Å². The fourth-order valence-corrected chi connectivity index (χ4v) is 2.70. The van der Waals surface area contributed by atoms with Crippen LogP contribution in [-0.2, 0) is 14.3 Å². The number of esters is 1. The topological polar surface area (TPSA) is 55.8 Å². The highest BCUT2D eigenvalue weighted by molar-refractivity contribution is 5.89. The minimum Gasteiger partial charge on any atom is -0.455 e. The minimum absolute atomic E-state index is 0.123. The molecular formula is C12H18O4. The van der Waals surface area contributed by atoms with Crippen LogP contribution in [0.1, 0.15) is 27.7 Å². The molecule has 0 aliphatic carbocycles. The molecule has 2 aliphatic rings. The SMILES string of the molecule is CC1=C[C@@]2(C)O[C@@H](C)[C@H](O)[C@@H](C)[C@@H]2OC1=O. The fourth-order valence-electron chi connectivity index (χ4n) is 2.70. The second kappa shape index (κ2) is 3.57. The number of aliphatic hydroxyl groups excluding tert-OH is 1. The summed E-state index contributed by atoms with van der Waals surface area (Å²) >= 11 is 0. The third kappa shape index (κ3) is 1.57. The van der Waals surface area contributed by atoms with Crippen molar-refractivity contribution in [3.63, 3.8) is 0 Å². The lowest BCUT2D eigenvalue weighted by molar-refractivity contribution is -0.233. The Morgan fingerprint density at radius 2 is 2.06 bits per heavy atom. The second-order valence-corrected chi connectivity index (χ2v) is 5.01. The zero-order valence-corrected chi connectivity index (χ0v) is 10.1. The van der Waals surface area contributed by atoms with E-state index >= 15 is 0 Å². The molecule has 0 amide bonds. The molecule has 0 saturated carbocycles. The smallest absolute Gasteiger partial charge is 0.333 e. The molecule has 0 aromatic carbocycles. The van der Waals surface area contributed by atoms with Crippen LogP contribution < -0.4 is 0 Å². The third-order valence-electron chi connectivity index (χ3n) is 3.56. The van der Waals surface area contributed by atoms with E-state index in [1.807, 2.05) is 26.8 Å². The van der Waals surface area contributed by atoms with E-state index in [0.717, 1.165) is 0 Å². The van der Waals surface area contributed by atoms with E-state index in [9.17, 15) is 9.90 Å². The van der Waals surface area contributed by atoms with E-state index in [0.29, 0.717) is 5.57 Å². The van der Waals surface area contributed by atoms with Crippen molar-refractivity contribution in [1.29, 1.82) is 0 Å². The van der Waals surface area contributed by atoms with Crippen LogP contribution in [0.4, 0.5) is 0 Å². The number of carbonyl (C=O) groups is 1. The fraction of sp³-hybridized carbons (Fsp3) is 0.750. The molecule has 16 heavy (non-hydrogen) atoms. The lowest BCUT2D eigenvalue weighted by Crippen LogP contribution is -2.61. The van der Waals surface area contributed by atoms with Crippen LogP contribution in [0, 0.1) is 5.92 Å². The zero-order valence-electron chi connectivity index (χ0n) is 10.1. The number of hydrogen-bond acceptors (Lipinski definition) is 4. The zero-order chi connectivity index (χ0) is 12.1. The molecule has 0 aromatic rings. The quantitative estimate of drug-likeness (QED) is 0.627. The van der Waals surface area contributed by atoms with Gasteiger partial charge in [-0.15, -0.1) is 0 Å². The van der Waals surface area contributed by atoms with E-state index in [2.05, 4.69) is 0 Å². The summed E-state index contributed by atoms with van der Waals surface area (Å²) in [6, 6.07) is 0. The number of carbonyl (C=O) groups excluding carboxylic acids is 1. The second-order valence-electron chi connectivity index (χ2n) is 5.01. The highest BCUT2D eigenvalue weighted by Gasteiger charge is 2.51. The predicted octanol–water partition coefficient (Wildman–Crippen LogP) is 1.03. The predicted molar refractivity (Wildman–Crippen MR) is 57.8 cm³/mol. The van der Waals surface area contributed by atoms with Gasteiger partial charge in [0.25, 0.3) is 0 Å². The van der Waals surface area contributed by atoms with Crippen molar-refractivity contribution in [3.8, 4) is 0 Å². The Bertz CT molecular complexity index is 349. The molecule has 4 heteroatoms. The van der Waals surface area contributed by atoms with Gasteiger partial charge in [0.2, 0.25) is 0 Å². The van der Waals surface area contributed by atoms with E-state index in [-0.39, 0.29) is 18.0 Å². The van der Waals surface area contributed by atoms with Crippen LogP contribution in [0.3, 0.4) is 0 Å². The number of aliphatic hydroxyl groups is 1. The largest absolute Gasteiger partial charge is 0.455 e. The van der Waals surface area contributed by atoms with Crippen LogP contribution in [-0.4, -0.2) is 35.0 Å². The highest BCUT2D eigenvalue weighted by atomic mass is 16.6. The van der Waals surface area contributed by atoms with Crippen LogP contribution in [0.5, 0.6) is 0 Å². The number of ether oxygens (including phenoxy) is 2. The highest BCUT2D eigenvalue weighted by Crippen LogP contribution is 2.39. The Balaban J connectivity index is 2.38. The Morgan fingerprint density at radius 3 is 2.69 bits per heavy atom. The van der Waals surface area contributed by atoms with Crippen LogP contribution in [0.25, 0.3) is 0 Å². The maximum Gasteiger partial charge on any atom is 0.333 e. The third-order valence-corrected chi connectivity index (χ3v) is 3.56. The van der Waals surface area contributed by atoms with Gasteiger partial charge >= 0.3 is 5.97 Å². The molecular weight excluding hydrogens is 208 g/mol. The molecule has 0 unspecified atom stereocenters. The molecule has 90 valence electrons. The molecule has 0 spiro atoms. The van der Waals surface area contributed by atoms with Crippen molar-refractivity contribution < 1.29 is 19.4 Å². The first-order chi connectivity index (χ1) is 7.35. The van der Waals surface area contributed by atoms with Gasteiger partial charge in [-0.1, -0.05) is 6.92 Å². The maximum absolute atomic E-state index is 11.5. The first kappa shape index (κ1) is 11.6. The van der Waals surface area contributed by atoms with Gasteiger partial charge < -0.3 is 14.6 Å². The molecule has 1 fully saturated rings. The van der Waals surface area contributed by atoms with Gasteiger partial charge in [-0.25, -0.2) is 4.79 Å². The molecule has 1 saturated heterocycles. The molecule has 0 aromatic heterocycles. The Morgan fingerprint density at radius 1 is 1.44 bits per heavy atom.